The normalized spacial score (nSPS) is 12.8. The number of fused-ring (bicyclic) bond motifs is 4. The number of hydrogen-bond donors (Lipinski definition) is 0. The number of carbonyl (C=O) groups excluding carboxylic acids is 1. The first-order valence-corrected chi connectivity index (χ1v) is 6.17. The molecule has 1 aliphatic rings. The van der Waals surface area contributed by atoms with Crippen LogP contribution in [0.15, 0.2) is 35.0 Å². The molecule has 0 saturated heterocycles. The number of aromatic nitrogens is 2. The maximum Gasteiger partial charge on any atom is 0.214 e. The van der Waals surface area contributed by atoms with Crippen LogP contribution in [0.2, 0.25) is 0 Å². The molecule has 0 atom stereocenters. The van der Waals surface area contributed by atoms with Crippen molar-refractivity contribution in [2.24, 2.45) is 0 Å². The van der Waals surface area contributed by atoms with Crippen molar-refractivity contribution < 1.29 is 4.79 Å². The first-order valence-electron chi connectivity index (χ1n) is 5.22. The Hall–Kier alpha value is -2.07. The van der Waals surface area contributed by atoms with Gasteiger partial charge in [-0.1, -0.05) is 24.3 Å². The van der Waals surface area contributed by atoms with E-state index in [0.717, 1.165) is 22.3 Å². The highest BCUT2D eigenvalue weighted by molar-refractivity contribution is 7.09. The van der Waals surface area contributed by atoms with Crippen molar-refractivity contribution in [3.05, 3.63) is 46.3 Å². The number of benzene rings is 1. The zero-order valence-electron chi connectivity index (χ0n) is 8.68. The molecule has 0 saturated carbocycles. The van der Waals surface area contributed by atoms with Gasteiger partial charge in [0.15, 0.2) is 0 Å². The molecule has 1 aliphatic carbocycles. The van der Waals surface area contributed by atoms with Crippen LogP contribution in [-0.2, 0) is 0 Å². The zero-order chi connectivity index (χ0) is 11.4. The van der Waals surface area contributed by atoms with Crippen molar-refractivity contribution in [2.75, 3.05) is 0 Å². The zero-order valence-corrected chi connectivity index (χ0v) is 9.49. The van der Waals surface area contributed by atoms with Gasteiger partial charge < -0.3 is 0 Å². The second-order valence-electron chi connectivity index (χ2n) is 3.94. The SMILES string of the molecule is O=C1c2ccccc2-c2nc3cscc3nc21. The van der Waals surface area contributed by atoms with E-state index >= 15 is 0 Å². The molecule has 0 fully saturated rings. The Labute approximate surface area is 101 Å². The maximum absolute atomic E-state index is 12.2. The Bertz CT molecular complexity index is 776. The van der Waals surface area contributed by atoms with E-state index in [1.54, 1.807) is 11.3 Å². The van der Waals surface area contributed by atoms with Gasteiger partial charge in [0.05, 0.1) is 0 Å². The lowest BCUT2D eigenvalue weighted by atomic mass is 10.1. The summed E-state index contributed by atoms with van der Waals surface area (Å²) in [6, 6.07) is 7.53. The third-order valence-electron chi connectivity index (χ3n) is 2.95. The number of rotatable bonds is 0. The average Bonchev–Trinajstić information content (AvgIpc) is 2.92. The van der Waals surface area contributed by atoms with E-state index in [0.29, 0.717) is 11.3 Å². The number of thiophene rings is 1. The number of carbonyl (C=O) groups is 1. The van der Waals surface area contributed by atoms with Crippen molar-refractivity contribution in [1.29, 1.82) is 0 Å². The topological polar surface area (TPSA) is 42.9 Å². The van der Waals surface area contributed by atoms with E-state index in [4.69, 9.17) is 0 Å². The van der Waals surface area contributed by atoms with Gasteiger partial charge in [-0.05, 0) is 0 Å². The van der Waals surface area contributed by atoms with Crippen molar-refractivity contribution >= 4 is 28.2 Å². The van der Waals surface area contributed by atoms with Gasteiger partial charge >= 0.3 is 0 Å². The quantitative estimate of drug-likeness (QED) is 0.473. The first kappa shape index (κ1) is 9.01. The number of nitrogens with zero attached hydrogens (tertiary/aromatic N) is 2. The summed E-state index contributed by atoms with van der Waals surface area (Å²) in [5.41, 5.74) is 4.47. The second-order valence-corrected chi connectivity index (χ2v) is 4.68. The summed E-state index contributed by atoms with van der Waals surface area (Å²) < 4.78 is 0. The van der Waals surface area contributed by atoms with Gasteiger partial charge in [0.1, 0.15) is 22.4 Å². The van der Waals surface area contributed by atoms with E-state index in [9.17, 15) is 4.79 Å². The molecule has 1 aromatic carbocycles. The van der Waals surface area contributed by atoms with Crippen LogP contribution in [0.5, 0.6) is 0 Å². The minimum Gasteiger partial charge on any atom is -0.287 e. The Morgan fingerprint density at radius 1 is 0.882 bits per heavy atom. The van der Waals surface area contributed by atoms with Crippen LogP contribution >= 0.6 is 11.3 Å². The lowest BCUT2D eigenvalue weighted by molar-refractivity contribution is 0.103. The summed E-state index contributed by atoms with van der Waals surface area (Å²) in [5, 5.41) is 3.87. The summed E-state index contributed by atoms with van der Waals surface area (Å²) in [7, 11) is 0. The molecular weight excluding hydrogens is 232 g/mol. The fraction of sp³-hybridized carbons (Fsp3) is 0. The van der Waals surface area contributed by atoms with Crippen molar-refractivity contribution in [1.82, 2.24) is 9.97 Å². The van der Waals surface area contributed by atoms with Gasteiger partial charge in [0.25, 0.3) is 0 Å². The van der Waals surface area contributed by atoms with Crippen LogP contribution in [0.25, 0.3) is 22.3 Å². The molecule has 17 heavy (non-hydrogen) atoms. The van der Waals surface area contributed by atoms with Crippen LogP contribution in [-0.4, -0.2) is 15.8 Å². The van der Waals surface area contributed by atoms with Crippen LogP contribution in [0.4, 0.5) is 0 Å². The molecule has 0 aliphatic heterocycles. The Morgan fingerprint density at radius 3 is 2.29 bits per heavy atom. The monoisotopic (exact) mass is 238 g/mol. The number of hydrogen-bond acceptors (Lipinski definition) is 4. The number of ketones is 1. The van der Waals surface area contributed by atoms with E-state index in [1.165, 1.54) is 0 Å². The maximum atomic E-state index is 12.2. The van der Waals surface area contributed by atoms with Crippen LogP contribution in [0.3, 0.4) is 0 Å². The largest absolute Gasteiger partial charge is 0.287 e. The van der Waals surface area contributed by atoms with Gasteiger partial charge in [-0.15, -0.1) is 11.3 Å². The molecule has 80 valence electrons. The Balaban J connectivity index is 2.16. The van der Waals surface area contributed by atoms with Gasteiger partial charge in [-0.3, -0.25) is 4.79 Å². The second kappa shape index (κ2) is 2.99. The van der Waals surface area contributed by atoms with Gasteiger partial charge in [0.2, 0.25) is 5.78 Å². The van der Waals surface area contributed by atoms with E-state index < -0.39 is 0 Å². The van der Waals surface area contributed by atoms with Crippen molar-refractivity contribution in [3.63, 3.8) is 0 Å². The molecular formula is C13H6N2OS. The van der Waals surface area contributed by atoms with Crippen LogP contribution < -0.4 is 0 Å². The predicted molar refractivity (Wildman–Crippen MR) is 66.3 cm³/mol. The van der Waals surface area contributed by atoms with Crippen molar-refractivity contribution in [3.8, 4) is 11.3 Å². The minimum absolute atomic E-state index is 0.0174. The first-order chi connectivity index (χ1) is 8.34. The lowest BCUT2D eigenvalue weighted by Crippen LogP contribution is -1.98. The van der Waals surface area contributed by atoms with Crippen LogP contribution in [0.1, 0.15) is 16.1 Å². The molecule has 3 nitrogen and oxygen atoms in total. The molecule has 4 rings (SSSR count). The van der Waals surface area contributed by atoms with Gasteiger partial charge in [-0.25, -0.2) is 9.97 Å². The van der Waals surface area contributed by atoms with Gasteiger partial charge in [-0.2, -0.15) is 0 Å². The van der Waals surface area contributed by atoms with E-state index in [1.807, 2.05) is 35.0 Å². The Morgan fingerprint density at radius 2 is 1.53 bits per heavy atom. The highest BCUT2D eigenvalue weighted by atomic mass is 32.1. The van der Waals surface area contributed by atoms with Crippen LogP contribution in [0, 0.1) is 0 Å². The summed E-state index contributed by atoms with van der Waals surface area (Å²) >= 11 is 1.55. The fourth-order valence-corrected chi connectivity index (χ4v) is 2.83. The molecule has 2 heterocycles. The van der Waals surface area contributed by atoms with E-state index in [2.05, 4.69) is 9.97 Å². The third-order valence-corrected chi connectivity index (χ3v) is 3.67. The minimum atomic E-state index is -0.0174. The molecule has 0 unspecified atom stereocenters. The molecule has 2 aromatic heterocycles. The molecule has 4 heteroatoms. The average molecular weight is 238 g/mol. The molecule has 0 radical (unpaired) electrons. The smallest absolute Gasteiger partial charge is 0.214 e. The molecule has 0 bridgehead atoms. The lowest BCUT2D eigenvalue weighted by Gasteiger charge is -1.97. The molecule has 0 amide bonds. The summed E-state index contributed by atoms with van der Waals surface area (Å²) in [5.74, 6) is -0.0174. The summed E-state index contributed by atoms with van der Waals surface area (Å²) in [4.78, 5) is 21.1. The Kier molecular flexibility index (Phi) is 1.58. The fourth-order valence-electron chi connectivity index (χ4n) is 2.16. The third kappa shape index (κ3) is 1.08. The van der Waals surface area contributed by atoms with E-state index in [-0.39, 0.29) is 5.78 Å². The molecule has 0 N–H and O–H groups in total. The molecule has 3 aromatic rings. The summed E-state index contributed by atoms with van der Waals surface area (Å²) in [6.07, 6.45) is 0. The predicted octanol–water partition coefficient (Wildman–Crippen LogP) is 2.90. The standard InChI is InChI=1S/C13H6N2OS/c16-13-8-4-2-1-3-7(8)11-12(13)15-10-6-17-5-9(10)14-11/h1-6H. The van der Waals surface area contributed by atoms with Gasteiger partial charge in [0, 0.05) is 21.9 Å². The highest BCUT2D eigenvalue weighted by Gasteiger charge is 2.29. The highest BCUT2D eigenvalue weighted by Crippen LogP contribution is 2.35. The van der Waals surface area contributed by atoms with Crippen molar-refractivity contribution in [2.45, 2.75) is 0 Å². The summed E-state index contributed by atoms with van der Waals surface area (Å²) in [6.45, 7) is 0. The molecule has 0 spiro atoms.